The first kappa shape index (κ1) is 19.6. The Bertz CT molecular complexity index is 777. The summed E-state index contributed by atoms with van der Waals surface area (Å²) < 4.78 is 18.4. The minimum absolute atomic E-state index is 0.0000498. The molecular weight excluding hydrogens is 369 g/mol. The molecular formula is C20H23ClFN3O2. The summed E-state index contributed by atoms with van der Waals surface area (Å²) in [6.45, 7) is 4.66. The topological polar surface area (TPSA) is 44.8 Å². The molecule has 0 aliphatic carbocycles. The fourth-order valence-corrected chi connectivity index (χ4v) is 3.25. The highest BCUT2D eigenvalue weighted by molar-refractivity contribution is 6.31. The Labute approximate surface area is 163 Å². The summed E-state index contributed by atoms with van der Waals surface area (Å²) in [5, 5.41) is 2.76. The lowest BCUT2D eigenvalue weighted by molar-refractivity contribution is -0.117. The first-order chi connectivity index (χ1) is 13.0. The number of amides is 1. The first-order valence-electron chi connectivity index (χ1n) is 8.86. The van der Waals surface area contributed by atoms with Crippen LogP contribution in [0, 0.1) is 5.82 Å². The highest BCUT2D eigenvalue weighted by Gasteiger charge is 2.19. The van der Waals surface area contributed by atoms with E-state index in [0.29, 0.717) is 12.2 Å². The van der Waals surface area contributed by atoms with Crippen molar-refractivity contribution in [2.75, 3.05) is 45.2 Å². The van der Waals surface area contributed by atoms with Crippen LogP contribution in [0.5, 0.6) is 5.75 Å². The van der Waals surface area contributed by atoms with Crippen LogP contribution in [-0.4, -0.2) is 55.5 Å². The molecule has 7 heteroatoms. The van der Waals surface area contributed by atoms with Crippen LogP contribution in [0.1, 0.15) is 5.56 Å². The summed E-state index contributed by atoms with van der Waals surface area (Å²) in [5.74, 6) is 0.237. The standard InChI is InChI=1S/C20H23ClFN3O2/c1-27-17-5-2-15(3-6-17)13-24-8-10-25(11-9-24)14-20(26)23-16-4-7-19(22)18(21)12-16/h2-7,12H,8-11,13-14H2,1H3,(H,23,26). The van der Waals surface area contributed by atoms with Gasteiger partial charge < -0.3 is 10.1 Å². The third-order valence-electron chi connectivity index (χ3n) is 4.60. The largest absolute Gasteiger partial charge is 0.497 e. The van der Waals surface area contributed by atoms with Crippen molar-refractivity contribution in [2.45, 2.75) is 6.54 Å². The van der Waals surface area contributed by atoms with Gasteiger partial charge in [0.05, 0.1) is 18.7 Å². The second kappa shape index (κ2) is 9.17. The van der Waals surface area contributed by atoms with Gasteiger partial charge in [-0.25, -0.2) is 4.39 Å². The van der Waals surface area contributed by atoms with E-state index in [2.05, 4.69) is 27.2 Å². The van der Waals surface area contributed by atoms with Crippen molar-refractivity contribution in [1.29, 1.82) is 0 Å². The summed E-state index contributed by atoms with van der Waals surface area (Å²) in [6.07, 6.45) is 0. The normalized spacial score (nSPS) is 15.5. The minimum atomic E-state index is -0.498. The van der Waals surface area contributed by atoms with Gasteiger partial charge in [0.2, 0.25) is 5.91 Å². The number of nitrogens with zero attached hydrogens (tertiary/aromatic N) is 2. The lowest BCUT2D eigenvalue weighted by atomic mass is 10.2. The summed E-state index contributed by atoms with van der Waals surface area (Å²) in [6, 6.07) is 12.3. The molecule has 2 aromatic rings. The number of nitrogens with one attached hydrogen (secondary N) is 1. The third-order valence-corrected chi connectivity index (χ3v) is 4.89. The molecule has 0 aromatic heterocycles. The predicted octanol–water partition coefficient (Wildman–Crippen LogP) is 3.24. The minimum Gasteiger partial charge on any atom is -0.497 e. The number of ether oxygens (including phenoxy) is 1. The maximum atomic E-state index is 13.2. The van der Waals surface area contributed by atoms with E-state index < -0.39 is 5.82 Å². The molecule has 1 aliphatic heterocycles. The maximum absolute atomic E-state index is 13.2. The number of hydrogen-bond donors (Lipinski definition) is 1. The molecule has 0 spiro atoms. The van der Waals surface area contributed by atoms with Crippen LogP contribution in [0.3, 0.4) is 0 Å². The van der Waals surface area contributed by atoms with Gasteiger partial charge in [0.15, 0.2) is 0 Å². The molecule has 27 heavy (non-hydrogen) atoms. The highest BCUT2D eigenvalue weighted by atomic mass is 35.5. The van der Waals surface area contributed by atoms with Crippen molar-refractivity contribution in [3.05, 3.63) is 58.9 Å². The Balaban J connectivity index is 1.43. The van der Waals surface area contributed by atoms with Gasteiger partial charge >= 0.3 is 0 Å². The number of benzene rings is 2. The molecule has 0 atom stereocenters. The smallest absolute Gasteiger partial charge is 0.238 e. The molecule has 0 bridgehead atoms. The van der Waals surface area contributed by atoms with E-state index in [4.69, 9.17) is 16.3 Å². The van der Waals surface area contributed by atoms with Gasteiger partial charge in [-0.3, -0.25) is 14.6 Å². The second-order valence-corrected chi connectivity index (χ2v) is 6.98. The quantitative estimate of drug-likeness (QED) is 0.821. The molecule has 3 rings (SSSR count). The van der Waals surface area contributed by atoms with Crippen LogP contribution < -0.4 is 10.1 Å². The monoisotopic (exact) mass is 391 g/mol. The van der Waals surface area contributed by atoms with Gasteiger partial charge in [-0.2, -0.15) is 0 Å². The number of methoxy groups -OCH3 is 1. The van der Waals surface area contributed by atoms with Crippen LogP contribution in [0.2, 0.25) is 5.02 Å². The number of hydrogen-bond acceptors (Lipinski definition) is 4. The van der Waals surface area contributed by atoms with Crippen molar-refractivity contribution in [1.82, 2.24) is 9.80 Å². The number of rotatable bonds is 6. The summed E-state index contributed by atoms with van der Waals surface area (Å²) >= 11 is 5.74. The molecule has 5 nitrogen and oxygen atoms in total. The van der Waals surface area contributed by atoms with E-state index in [1.807, 2.05) is 12.1 Å². The van der Waals surface area contributed by atoms with Crippen molar-refractivity contribution < 1.29 is 13.9 Å². The van der Waals surface area contributed by atoms with E-state index in [9.17, 15) is 9.18 Å². The van der Waals surface area contributed by atoms with Crippen LogP contribution in [0.15, 0.2) is 42.5 Å². The Morgan fingerprint density at radius 3 is 2.41 bits per heavy atom. The number of halogens is 2. The first-order valence-corrected chi connectivity index (χ1v) is 9.24. The summed E-state index contributed by atoms with van der Waals surface area (Å²) in [5.41, 5.74) is 1.75. The van der Waals surface area contributed by atoms with Crippen LogP contribution in [0.25, 0.3) is 0 Å². The molecule has 1 N–H and O–H groups in total. The summed E-state index contributed by atoms with van der Waals surface area (Å²) in [7, 11) is 1.66. The van der Waals surface area contributed by atoms with Gasteiger partial charge in [0, 0.05) is 38.4 Å². The Hall–Kier alpha value is -2.15. The highest BCUT2D eigenvalue weighted by Crippen LogP contribution is 2.19. The predicted molar refractivity (Wildman–Crippen MR) is 105 cm³/mol. The van der Waals surface area contributed by atoms with Gasteiger partial charge in [-0.1, -0.05) is 23.7 Å². The molecule has 1 fully saturated rings. The van der Waals surface area contributed by atoms with E-state index >= 15 is 0 Å². The SMILES string of the molecule is COc1ccc(CN2CCN(CC(=O)Nc3ccc(F)c(Cl)c3)CC2)cc1. The number of anilines is 1. The van der Waals surface area contributed by atoms with E-state index in [0.717, 1.165) is 38.5 Å². The van der Waals surface area contributed by atoms with Gasteiger partial charge in [-0.15, -0.1) is 0 Å². The molecule has 2 aromatic carbocycles. The van der Waals surface area contributed by atoms with Gasteiger partial charge in [-0.05, 0) is 35.9 Å². The summed E-state index contributed by atoms with van der Waals surface area (Å²) in [4.78, 5) is 16.7. The molecule has 1 amide bonds. The second-order valence-electron chi connectivity index (χ2n) is 6.58. The van der Waals surface area contributed by atoms with Crippen molar-refractivity contribution in [3.63, 3.8) is 0 Å². The molecule has 1 aliphatic rings. The molecule has 0 saturated carbocycles. The van der Waals surface area contributed by atoms with Crippen molar-refractivity contribution in [2.24, 2.45) is 0 Å². The zero-order chi connectivity index (χ0) is 19.2. The van der Waals surface area contributed by atoms with E-state index in [1.54, 1.807) is 7.11 Å². The fourth-order valence-electron chi connectivity index (χ4n) is 3.07. The Morgan fingerprint density at radius 1 is 1.11 bits per heavy atom. The Morgan fingerprint density at radius 2 is 1.78 bits per heavy atom. The lowest BCUT2D eigenvalue weighted by Gasteiger charge is -2.34. The molecule has 0 unspecified atom stereocenters. The average molecular weight is 392 g/mol. The zero-order valence-electron chi connectivity index (χ0n) is 15.3. The average Bonchev–Trinajstić information content (AvgIpc) is 2.67. The van der Waals surface area contributed by atoms with Crippen molar-refractivity contribution in [3.8, 4) is 5.75 Å². The van der Waals surface area contributed by atoms with Crippen LogP contribution in [-0.2, 0) is 11.3 Å². The fraction of sp³-hybridized carbons (Fsp3) is 0.350. The van der Waals surface area contributed by atoms with Crippen LogP contribution >= 0.6 is 11.6 Å². The molecule has 1 saturated heterocycles. The van der Waals surface area contributed by atoms with E-state index in [-0.39, 0.29) is 10.9 Å². The number of carbonyl (C=O) groups is 1. The Kier molecular flexibility index (Phi) is 6.66. The third kappa shape index (κ3) is 5.66. The van der Waals surface area contributed by atoms with Gasteiger partial charge in [0.1, 0.15) is 11.6 Å². The van der Waals surface area contributed by atoms with Crippen LogP contribution in [0.4, 0.5) is 10.1 Å². The number of piperazine rings is 1. The molecule has 144 valence electrons. The molecule has 0 radical (unpaired) electrons. The lowest BCUT2D eigenvalue weighted by Crippen LogP contribution is -2.48. The molecule has 1 heterocycles. The number of carbonyl (C=O) groups excluding carboxylic acids is 1. The van der Waals surface area contributed by atoms with Crippen molar-refractivity contribution >= 4 is 23.2 Å². The maximum Gasteiger partial charge on any atom is 0.238 e. The van der Waals surface area contributed by atoms with E-state index in [1.165, 1.54) is 23.8 Å². The van der Waals surface area contributed by atoms with Gasteiger partial charge in [0.25, 0.3) is 0 Å². The zero-order valence-corrected chi connectivity index (χ0v) is 16.0.